The van der Waals surface area contributed by atoms with Crippen molar-refractivity contribution >= 4 is 17.4 Å². The summed E-state index contributed by atoms with van der Waals surface area (Å²) in [6.45, 7) is 4.52. The highest BCUT2D eigenvalue weighted by atomic mass is 35.5. The molecule has 0 saturated carbocycles. The van der Waals surface area contributed by atoms with E-state index in [4.69, 9.17) is 11.6 Å². The van der Waals surface area contributed by atoms with Crippen LogP contribution in [-0.2, 0) is 19.4 Å². The largest absolute Gasteiger partial charge is 0.292 e. The number of Topliss-reactive ketones (excluding diaryl/α,β-unsaturated/α-hetero) is 1. The van der Waals surface area contributed by atoms with Gasteiger partial charge in [-0.2, -0.15) is 5.10 Å². The summed E-state index contributed by atoms with van der Waals surface area (Å²) in [4.78, 5) is 12.3. The lowest BCUT2D eigenvalue weighted by Gasteiger charge is -2.05. The Balaban J connectivity index is 2.25. The van der Waals surface area contributed by atoms with Crippen molar-refractivity contribution in [3.8, 4) is 0 Å². The van der Waals surface area contributed by atoms with Crippen molar-refractivity contribution in [2.24, 2.45) is 0 Å². The molecule has 1 aromatic heterocycles. The van der Waals surface area contributed by atoms with Gasteiger partial charge >= 0.3 is 0 Å². The Morgan fingerprint density at radius 2 is 2.10 bits per heavy atom. The van der Waals surface area contributed by atoms with E-state index in [2.05, 4.69) is 5.10 Å². The van der Waals surface area contributed by atoms with Gasteiger partial charge in [-0.1, -0.05) is 24.6 Å². The second-order valence-corrected chi connectivity index (χ2v) is 4.96. The topological polar surface area (TPSA) is 34.9 Å². The van der Waals surface area contributed by atoms with E-state index in [9.17, 15) is 9.18 Å². The van der Waals surface area contributed by atoms with Gasteiger partial charge in [0.05, 0.1) is 5.69 Å². The molecule has 1 heterocycles. The summed E-state index contributed by atoms with van der Waals surface area (Å²) in [5, 5.41) is 4.65. The van der Waals surface area contributed by atoms with Crippen LogP contribution in [0, 0.1) is 5.82 Å². The third-order valence-corrected chi connectivity index (χ3v) is 3.38. The number of halogens is 2. The van der Waals surface area contributed by atoms with Gasteiger partial charge in [-0.15, -0.1) is 0 Å². The van der Waals surface area contributed by atoms with Crippen LogP contribution in [0.5, 0.6) is 0 Å². The van der Waals surface area contributed by atoms with Crippen molar-refractivity contribution in [2.45, 2.75) is 33.2 Å². The van der Waals surface area contributed by atoms with Crippen LogP contribution in [0.25, 0.3) is 0 Å². The van der Waals surface area contributed by atoms with E-state index in [-0.39, 0.29) is 12.2 Å². The molecule has 0 aliphatic heterocycles. The van der Waals surface area contributed by atoms with E-state index in [0.717, 1.165) is 12.1 Å². The highest BCUT2D eigenvalue weighted by Crippen LogP contribution is 2.17. The van der Waals surface area contributed by atoms with Crippen molar-refractivity contribution < 1.29 is 9.18 Å². The van der Waals surface area contributed by atoms with Crippen molar-refractivity contribution in [3.63, 3.8) is 0 Å². The molecule has 20 heavy (non-hydrogen) atoms. The average Bonchev–Trinajstić information content (AvgIpc) is 2.85. The van der Waals surface area contributed by atoms with Gasteiger partial charge in [-0.25, -0.2) is 4.39 Å². The summed E-state index contributed by atoms with van der Waals surface area (Å²) < 4.78 is 15.4. The molecule has 0 spiro atoms. The number of rotatable bonds is 5. The van der Waals surface area contributed by atoms with Gasteiger partial charge in [0.25, 0.3) is 0 Å². The fraction of sp³-hybridized carbons (Fsp3) is 0.333. The second-order valence-electron chi connectivity index (χ2n) is 4.53. The van der Waals surface area contributed by atoms with E-state index in [1.165, 1.54) is 6.07 Å². The SMILES string of the molecule is CCc1cc(C(=O)Cc2ccc(Cl)cc2F)n(CC)n1. The van der Waals surface area contributed by atoms with Gasteiger partial charge < -0.3 is 0 Å². The Morgan fingerprint density at radius 1 is 1.35 bits per heavy atom. The van der Waals surface area contributed by atoms with Gasteiger partial charge in [0.2, 0.25) is 0 Å². The molecule has 0 aliphatic carbocycles. The second kappa shape index (κ2) is 6.18. The smallest absolute Gasteiger partial charge is 0.185 e. The highest BCUT2D eigenvalue weighted by Gasteiger charge is 2.16. The number of carbonyl (C=O) groups is 1. The van der Waals surface area contributed by atoms with Crippen LogP contribution < -0.4 is 0 Å². The zero-order valence-corrected chi connectivity index (χ0v) is 12.2. The van der Waals surface area contributed by atoms with E-state index < -0.39 is 5.82 Å². The number of aromatic nitrogens is 2. The van der Waals surface area contributed by atoms with Crippen LogP contribution in [0.3, 0.4) is 0 Å². The molecule has 1 aromatic carbocycles. The fourth-order valence-electron chi connectivity index (χ4n) is 2.04. The standard InChI is InChI=1S/C15H16ClFN2O/c1-3-12-9-14(19(4-2)18-12)15(20)7-10-5-6-11(16)8-13(10)17/h5-6,8-9H,3-4,7H2,1-2H3. The van der Waals surface area contributed by atoms with E-state index in [1.807, 2.05) is 13.8 Å². The summed E-state index contributed by atoms with van der Waals surface area (Å²) in [5.74, 6) is -0.593. The van der Waals surface area contributed by atoms with Crippen LogP contribution >= 0.6 is 11.6 Å². The molecular weight excluding hydrogens is 279 g/mol. The quantitative estimate of drug-likeness (QED) is 0.788. The summed E-state index contributed by atoms with van der Waals surface area (Å²) in [6, 6.07) is 6.13. The number of ketones is 1. The maximum absolute atomic E-state index is 13.7. The third-order valence-electron chi connectivity index (χ3n) is 3.14. The first-order valence-electron chi connectivity index (χ1n) is 6.59. The molecule has 2 aromatic rings. The molecule has 0 bridgehead atoms. The normalized spacial score (nSPS) is 10.8. The molecule has 2 rings (SSSR count). The average molecular weight is 295 g/mol. The monoisotopic (exact) mass is 294 g/mol. The van der Waals surface area contributed by atoms with E-state index in [1.54, 1.807) is 22.9 Å². The molecule has 3 nitrogen and oxygen atoms in total. The molecule has 106 valence electrons. The molecule has 0 fully saturated rings. The van der Waals surface area contributed by atoms with Crippen LogP contribution in [0.15, 0.2) is 24.3 Å². The molecule has 0 aliphatic rings. The van der Waals surface area contributed by atoms with Crippen LogP contribution in [0.4, 0.5) is 4.39 Å². The van der Waals surface area contributed by atoms with E-state index >= 15 is 0 Å². The van der Waals surface area contributed by atoms with Crippen LogP contribution in [0.2, 0.25) is 5.02 Å². The molecule has 0 amide bonds. The van der Waals surface area contributed by atoms with Crippen LogP contribution in [-0.4, -0.2) is 15.6 Å². The van der Waals surface area contributed by atoms with Gasteiger partial charge in [0.15, 0.2) is 5.78 Å². The number of aryl methyl sites for hydroxylation is 2. The fourth-order valence-corrected chi connectivity index (χ4v) is 2.20. The maximum atomic E-state index is 13.7. The maximum Gasteiger partial charge on any atom is 0.185 e. The first-order valence-corrected chi connectivity index (χ1v) is 6.96. The molecule has 0 atom stereocenters. The Kier molecular flexibility index (Phi) is 4.55. The zero-order chi connectivity index (χ0) is 14.7. The molecule has 0 unspecified atom stereocenters. The van der Waals surface area contributed by atoms with Gasteiger partial charge in [-0.3, -0.25) is 9.48 Å². The summed E-state index contributed by atoms with van der Waals surface area (Å²) in [5.41, 5.74) is 1.74. The lowest BCUT2D eigenvalue weighted by atomic mass is 10.1. The van der Waals surface area contributed by atoms with Crippen LogP contribution in [0.1, 0.15) is 35.6 Å². The van der Waals surface area contributed by atoms with Crippen molar-refractivity contribution in [3.05, 3.63) is 52.1 Å². The van der Waals surface area contributed by atoms with Crippen molar-refractivity contribution in [1.29, 1.82) is 0 Å². The zero-order valence-electron chi connectivity index (χ0n) is 11.5. The summed E-state index contributed by atoms with van der Waals surface area (Å²) >= 11 is 5.70. The Hall–Kier alpha value is -1.68. The number of hydrogen-bond acceptors (Lipinski definition) is 2. The van der Waals surface area contributed by atoms with Gasteiger partial charge in [0, 0.05) is 18.0 Å². The molecular formula is C15H16ClFN2O. The number of hydrogen-bond donors (Lipinski definition) is 0. The van der Waals surface area contributed by atoms with Crippen molar-refractivity contribution in [1.82, 2.24) is 9.78 Å². The predicted octanol–water partition coefficient (Wildman–Crippen LogP) is 3.68. The number of carbonyl (C=O) groups excluding carboxylic acids is 1. The van der Waals surface area contributed by atoms with Gasteiger partial charge in [0.1, 0.15) is 11.5 Å². The lowest BCUT2D eigenvalue weighted by molar-refractivity contribution is 0.0981. The number of benzene rings is 1. The minimum Gasteiger partial charge on any atom is -0.292 e. The number of nitrogens with zero attached hydrogens (tertiary/aromatic N) is 2. The third kappa shape index (κ3) is 3.07. The highest BCUT2D eigenvalue weighted by molar-refractivity contribution is 6.30. The first kappa shape index (κ1) is 14.7. The molecule has 5 heteroatoms. The summed E-state index contributed by atoms with van der Waals surface area (Å²) in [6.07, 6.45) is 0.778. The first-order chi connectivity index (χ1) is 9.55. The molecule has 0 N–H and O–H groups in total. The van der Waals surface area contributed by atoms with Crippen molar-refractivity contribution in [2.75, 3.05) is 0 Å². The minimum absolute atomic E-state index is 0.0118. The summed E-state index contributed by atoms with van der Waals surface area (Å²) in [7, 11) is 0. The Morgan fingerprint density at radius 3 is 2.70 bits per heavy atom. The van der Waals surface area contributed by atoms with E-state index in [0.29, 0.717) is 22.8 Å². The molecule has 0 saturated heterocycles. The Bertz CT molecular complexity index is 637. The minimum atomic E-state index is -0.455. The lowest BCUT2D eigenvalue weighted by Crippen LogP contribution is -2.12. The van der Waals surface area contributed by atoms with Gasteiger partial charge in [-0.05, 0) is 37.1 Å². The predicted molar refractivity (Wildman–Crippen MR) is 76.7 cm³/mol. The molecule has 0 radical (unpaired) electrons. The Labute approximate surface area is 122 Å².